The van der Waals surface area contributed by atoms with Gasteiger partial charge >= 0.3 is 0 Å². The molecule has 0 aromatic heterocycles. The molecule has 0 spiro atoms. The van der Waals surface area contributed by atoms with Crippen molar-refractivity contribution in [3.63, 3.8) is 0 Å². The van der Waals surface area contributed by atoms with Gasteiger partial charge in [0.2, 0.25) is 5.91 Å². The molecule has 2 N–H and O–H groups in total. The highest BCUT2D eigenvalue weighted by Crippen LogP contribution is 2.36. The lowest BCUT2D eigenvalue weighted by Crippen LogP contribution is -2.35. The molecule has 1 heterocycles. The van der Waals surface area contributed by atoms with Gasteiger partial charge in [0.25, 0.3) is 0 Å². The third-order valence-corrected chi connectivity index (χ3v) is 4.24. The molecule has 1 aliphatic heterocycles. The maximum atomic E-state index is 12.2. The average Bonchev–Trinajstić information content (AvgIpc) is 2.53. The van der Waals surface area contributed by atoms with Crippen LogP contribution in [-0.4, -0.2) is 33.2 Å². The maximum absolute atomic E-state index is 12.2. The number of hydrogen-bond acceptors (Lipinski definition) is 4. The highest BCUT2D eigenvalue weighted by Gasteiger charge is 2.24. The topological polar surface area (TPSA) is 59.6 Å². The smallest absolute Gasteiger partial charge is 0.221 e. The van der Waals surface area contributed by atoms with E-state index in [0.717, 1.165) is 37.2 Å². The van der Waals surface area contributed by atoms with Gasteiger partial charge in [-0.15, -0.1) is 0 Å². The molecule has 5 nitrogen and oxygen atoms in total. The Morgan fingerprint density at radius 3 is 2.65 bits per heavy atom. The summed E-state index contributed by atoms with van der Waals surface area (Å²) in [4.78, 5) is 12.2. The fraction of sp³-hybridized carbons (Fsp3) is 0.611. The Bertz CT molecular complexity index is 543. The van der Waals surface area contributed by atoms with E-state index in [1.54, 1.807) is 14.2 Å². The normalized spacial score (nSPS) is 16.8. The summed E-state index contributed by atoms with van der Waals surface area (Å²) in [6, 6.07) is 4.04. The molecule has 0 fully saturated rings. The van der Waals surface area contributed by atoms with Crippen LogP contribution in [0.3, 0.4) is 0 Å². The molecule has 0 radical (unpaired) electrons. The predicted octanol–water partition coefficient (Wildman–Crippen LogP) is 2.44. The summed E-state index contributed by atoms with van der Waals surface area (Å²) in [6.45, 7) is 5.92. The minimum atomic E-state index is 0.0256. The fourth-order valence-electron chi connectivity index (χ4n) is 2.91. The van der Waals surface area contributed by atoms with Crippen molar-refractivity contribution >= 4 is 5.91 Å². The van der Waals surface area contributed by atoms with Crippen LogP contribution in [0.15, 0.2) is 12.1 Å². The number of ether oxygens (including phenoxy) is 2. The van der Waals surface area contributed by atoms with Crippen molar-refractivity contribution in [2.45, 2.75) is 39.2 Å². The Morgan fingerprint density at radius 2 is 2.00 bits per heavy atom. The minimum absolute atomic E-state index is 0.0256. The molecule has 0 saturated heterocycles. The minimum Gasteiger partial charge on any atom is -0.493 e. The number of fused-ring (bicyclic) bond motifs is 1. The predicted molar refractivity (Wildman–Crippen MR) is 91.1 cm³/mol. The Morgan fingerprint density at radius 1 is 1.30 bits per heavy atom. The third-order valence-electron chi connectivity index (χ3n) is 4.24. The Kier molecular flexibility index (Phi) is 6.28. The van der Waals surface area contributed by atoms with Crippen molar-refractivity contribution < 1.29 is 14.3 Å². The first-order chi connectivity index (χ1) is 11.0. The van der Waals surface area contributed by atoms with E-state index in [-0.39, 0.29) is 11.9 Å². The standard InChI is InChI=1S/C18H28N2O3/c1-12(2)5-7-20-18(21)11-15-14-10-17(23-4)16(22-3)9-13(14)6-8-19-15/h9-10,12,15,19H,5-8,11H2,1-4H3,(H,20,21)/t15-/m0/s1. The van der Waals surface area contributed by atoms with Gasteiger partial charge in [-0.05, 0) is 48.6 Å². The van der Waals surface area contributed by atoms with E-state index in [4.69, 9.17) is 9.47 Å². The zero-order valence-electron chi connectivity index (χ0n) is 14.6. The number of hydrogen-bond donors (Lipinski definition) is 2. The van der Waals surface area contributed by atoms with Crippen LogP contribution in [0, 0.1) is 5.92 Å². The first-order valence-electron chi connectivity index (χ1n) is 8.30. The Hall–Kier alpha value is -1.75. The Balaban J connectivity index is 2.07. The Labute approximate surface area is 138 Å². The number of nitrogens with one attached hydrogen (secondary N) is 2. The van der Waals surface area contributed by atoms with E-state index in [1.165, 1.54) is 5.56 Å². The van der Waals surface area contributed by atoms with Crippen molar-refractivity contribution in [3.8, 4) is 11.5 Å². The number of methoxy groups -OCH3 is 2. The fourth-order valence-corrected chi connectivity index (χ4v) is 2.91. The zero-order valence-corrected chi connectivity index (χ0v) is 14.6. The molecular weight excluding hydrogens is 292 g/mol. The molecular formula is C18H28N2O3. The lowest BCUT2D eigenvalue weighted by molar-refractivity contribution is -0.121. The molecule has 5 heteroatoms. The summed E-state index contributed by atoms with van der Waals surface area (Å²) in [6.07, 6.45) is 2.38. The number of benzene rings is 1. The van der Waals surface area contributed by atoms with Crippen molar-refractivity contribution in [1.82, 2.24) is 10.6 Å². The number of carbonyl (C=O) groups excluding carboxylic acids is 1. The number of rotatable bonds is 7. The summed E-state index contributed by atoms with van der Waals surface area (Å²) in [7, 11) is 3.28. The molecule has 2 rings (SSSR count). The number of carbonyl (C=O) groups is 1. The summed E-state index contributed by atoms with van der Waals surface area (Å²) >= 11 is 0. The molecule has 1 aromatic carbocycles. The zero-order chi connectivity index (χ0) is 16.8. The van der Waals surface area contributed by atoms with Gasteiger partial charge in [-0.3, -0.25) is 4.79 Å². The van der Waals surface area contributed by atoms with E-state index in [2.05, 4.69) is 24.5 Å². The highest BCUT2D eigenvalue weighted by atomic mass is 16.5. The van der Waals surface area contributed by atoms with E-state index in [9.17, 15) is 4.79 Å². The quantitative estimate of drug-likeness (QED) is 0.810. The summed E-state index contributed by atoms with van der Waals surface area (Å²) < 4.78 is 10.8. The molecule has 0 saturated carbocycles. The second kappa shape index (κ2) is 8.20. The first kappa shape index (κ1) is 17.6. The van der Waals surface area contributed by atoms with Crippen LogP contribution >= 0.6 is 0 Å². The molecule has 1 aliphatic rings. The first-order valence-corrected chi connectivity index (χ1v) is 8.30. The number of amides is 1. The second-order valence-corrected chi connectivity index (χ2v) is 6.40. The van der Waals surface area contributed by atoms with Gasteiger partial charge in [-0.2, -0.15) is 0 Å². The molecule has 0 bridgehead atoms. The van der Waals surface area contributed by atoms with Crippen LogP contribution in [0.2, 0.25) is 0 Å². The van der Waals surface area contributed by atoms with Crippen molar-refractivity contribution in [1.29, 1.82) is 0 Å². The second-order valence-electron chi connectivity index (χ2n) is 6.40. The van der Waals surface area contributed by atoms with Crippen LogP contribution in [0.1, 0.15) is 43.9 Å². The van der Waals surface area contributed by atoms with Crippen molar-refractivity contribution in [2.75, 3.05) is 27.3 Å². The molecule has 1 aromatic rings. The van der Waals surface area contributed by atoms with Gasteiger partial charge in [0.15, 0.2) is 11.5 Å². The van der Waals surface area contributed by atoms with Gasteiger partial charge in [-0.1, -0.05) is 13.8 Å². The van der Waals surface area contributed by atoms with E-state index >= 15 is 0 Å². The van der Waals surface area contributed by atoms with Crippen molar-refractivity contribution in [3.05, 3.63) is 23.3 Å². The molecule has 0 aliphatic carbocycles. The van der Waals surface area contributed by atoms with Gasteiger partial charge in [0.1, 0.15) is 0 Å². The largest absolute Gasteiger partial charge is 0.493 e. The summed E-state index contributed by atoms with van der Waals surface area (Å²) in [5.41, 5.74) is 2.36. The average molecular weight is 320 g/mol. The molecule has 0 unspecified atom stereocenters. The van der Waals surface area contributed by atoms with E-state index < -0.39 is 0 Å². The van der Waals surface area contributed by atoms with Crippen LogP contribution in [-0.2, 0) is 11.2 Å². The van der Waals surface area contributed by atoms with Crippen LogP contribution < -0.4 is 20.1 Å². The van der Waals surface area contributed by atoms with Crippen molar-refractivity contribution in [2.24, 2.45) is 5.92 Å². The summed E-state index contributed by atoms with van der Waals surface area (Å²) in [5, 5.41) is 6.45. The maximum Gasteiger partial charge on any atom is 0.221 e. The molecule has 1 amide bonds. The van der Waals surface area contributed by atoms with Gasteiger partial charge in [-0.25, -0.2) is 0 Å². The highest BCUT2D eigenvalue weighted by molar-refractivity contribution is 5.77. The molecule has 1 atom stereocenters. The molecule has 23 heavy (non-hydrogen) atoms. The van der Waals surface area contributed by atoms with Crippen LogP contribution in [0.4, 0.5) is 0 Å². The van der Waals surface area contributed by atoms with E-state index in [1.807, 2.05) is 12.1 Å². The van der Waals surface area contributed by atoms with Crippen LogP contribution in [0.25, 0.3) is 0 Å². The lowest BCUT2D eigenvalue weighted by atomic mass is 9.91. The summed E-state index contributed by atoms with van der Waals surface area (Å²) in [5.74, 6) is 2.14. The van der Waals surface area contributed by atoms with Gasteiger partial charge < -0.3 is 20.1 Å². The monoisotopic (exact) mass is 320 g/mol. The van der Waals surface area contributed by atoms with Gasteiger partial charge in [0, 0.05) is 19.0 Å². The van der Waals surface area contributed by atoms with Crippen LogP contribution in [0.5, 0.6) is 11.5 Å². The lowest BCUT2D eigenvalue weighted by Gasteiger charge is -2.28. The van der Waals surface area contributed by atoms with E-state index in [0.29, 0.717) is 18.1 Å². The molecule has 128 valence electrons. The van der Waals surface area contributed by atoms with Gasteiger partial charge in [0.05, 0.1) is 14.2 Å². The third kappa shape index (κ3) is 4.61. The SMILES string of the molecule is COc1cc2c(cc1OC)[C@H](CC(=O)NCCC(C)C)NCC2.